The number of benzene rings is 1. The number of ether oxygens (including phenoxy) is 1. The van der Waals surface area contributed by atoms with Gasteiger partial charge in [0.15, 0.2) is 0 Å². The first-order valence-electron chi connectivity index (χ1n) is 10.7. The Labute approximate surface area is 173 Å². The number of carbonyl (C=O) groups excluding carboxylic acids is 1. The van der Waals surface area contributed by atoms with Gasteiger partial charge >= 0.3 is 6.03 Å². The number of nitrogens with zero attached hydrogens (tertiary/aromatic N) is 1. The lowest BCUT2D eigenvalue weighted by molar-refractivity contribution is 0.138. The van der Waals surface area contributed by atoms with E-state index >= 15 is 0 Å². The maximum absolute atomic E-state index is 12.6. The molecule has 3 aliphatic rings. The molecule has 154 valence electrons. The van der Waals surface area contributed by atoms with Gasteiger partial charge in [-0.3, -0.25) is 0 Å². The minimum absolute atomic E-state index is 0.188. The van der Waals surface area contributed by atoms with Gasteiger partial charge in [-0.05, 0) is 61.1 Å². The molecule has 5 nitrogen and oxygen atoms in total. The van der Waals surface area contributed by atoms with Crippen LogP contribution in [-0.4, -0.2) is 44.2 Å². The van der Waals surface area contributed by atoms with Gasteiger partial charge < -0.3 is 20.3 Å². The van der Waals surface area contributed by atoms with E-state index in [0.29, 0.717) is 27.8 Å². The van der Waals surface area contributed by atoms with Gasteiger partial charge in [0.05, 0.1) is 12.8 Å². The van der Waals surface area contributed by atoms with E-state index in [4.69, 9.17) is 16.3 Å². The molecule has 0 aromatic heterocycles. The van der Waals surface area contributed by atoms with Crippen molar-refractivity contribution in [1.29, 1.82) is 0 Å². The van der Waals surface area contributed by atoms with Crippen molar-refractivity contribution < 1.29 is 9.53 Å². The molecule has 6 heteroatoms. The van der Waals surface area contributed by atoms with Gasteiger partial charge in [-0.15, -0.1) is 0 Å². The van der Waals surface area contributed by atoms with Gasteiger partial charge in [0.1, 0.15) is 5.75 Å². The number of carbonyl (C=O) groups is 1. The highest BCUT2D eigenvalue weighted by atomic mass is 35.5. The number of hydrogen-bond acceptors (Lipinski definition) is 3. The van der Waals surface area contributed by atoms with Crippen LogP contribution in [0.15, 0.2) is 18.2 Å². The summed E-state index contributed by atoms with van der Waals surface area (Å²) in [6.45, 7) is 4.33. The Bertz CT molecular complexity index is 701. The molecule has 1 aromatic carbocycles. The summed E-state index contributed by atoms with van der Waals surface area (Å²) in [7, 11) is 1.59. The summed E-state index contributed by atoms with van der Waals surface area (Å²) in [6, 6.07) is 5.05. The van der Waals surface area contributed by atoms with Crippen LogP contribution in [0.3, 0.4) is 0 Å². The van der Waals surface area contributed by atoms with Gasteiger partial charge in [-0.1, -0.05) is 30.9 Å². The molecule has 2 aliphatic carbocycles. The minimum atomic E-state index is -0.188. The van der Waals surface area contributed by atoms with Crippen molar-refractivity contribution in [1.82, 2.24) is 10.2 Å². The topological polar surface area (TPSA) is 53.6 Å². The van der Waals surface area contributed by atoms with Crippen molar-refractivity contribution in [3.63, 3.8) is 0 Å². The first-order chi connectivity index (χ1) is 13.6. The molecule has 1 spiro atoms. The molecule has 1 aliphatic heterocycles. The van der Waals surface area contributed by atoms with Crippen LogP contribution in [0.4, 0.5) is 10.5 Å². The molecule has 1 atom stereocenters. The summed E-state index contributed by atoms with van der Waals surface area (Å²) < 4.78 is 5.32. The third kappa shape index (κ3) is 4.57. The molecule has 4 rings (SSSR count). The molecular weight excluding hydrogens is 374 g/mol. The number of halogens is 1. The SMILES string of the molecule is COc1ccc(Cl)cc1NC(=O)NCC1CN(CC2CC2)CC12CCCCC2. The Balaban J connectivity index is 1.36. The lowest BCUT2D eigenvalue weighted by Gasteiger charge is -2.38. The maximum Gasteiger partial charge on any atom is 0.319 e. The molecule has 1 heterocycles. The van der Waals surface area contributed by atoms with E-state index < -0.39 is 0 Å². The van der Waals surface area contributed by atoms with Crippen LogP contribution >= 0.6 is 11.6 Å². The number of urea groups is 1. The molecule has 1 unspecified atom stereocenters. The van der Waals surface area contributed by atoms with E-state index in [1.807, 2.05) is 0 Å². The van der Waals surface area contributed by atoms with Gasteiger partial charge in [-0.2, -0.15) is 0 Å². The van der Waals surface area contributed by atoms with Crippen LogP contribution < -0.4 is 15.4 Å². The molecule has 2 amide bonds. The highest BCUT2D eigenvalue weighted by Gasteiger charge is 2.47. The van der Waals surface area contributed by atoms with Crippen molar-refractivity contribution in [2.75, 3.05) is 38.6 Å². The number of nitrogens with one attached hydrogen (secondary N) is 2. The number of likely N-dealkylation sites (tertiary alicyclic amines) is 1. The fourth-order valence-corrected chi connectivity index (χ4v) is 5.38. The highest BCUT2D eigenvalue weighted by Crippen LogP contribution is 2.48. The molecular formula is C22H32ClN3O2. The predicted octanol–water partition coefficient (Wildman–Crippen LogP) is 4.76. The molecule has 3 fully saturated rings. The normalized spacial score (nSPS) is 24.3. The molecule has 0 bridgehead atoms. The molecule has 2 N–H and O–H groups in total. The lowest BCUT2D eigenvalue weighted by atomic mass is 9.68. The zero-order chi connectivity index (χ0) is 19.6. The van der Waals surface area contributed by atoms with Crippen LogP contribution in [0.1, 0.15) is 44.9 Å². The monoisotopic (exact) mass is 405 g/mol. The Kier molecular flexibility index (Phi) is 6.02. The highest BCUT2D eigenvalue weighted by molar-refractivity contribution is 6.31. The second-order valence-electron chi connectivity index (χ2n) is 8.94. The van der Waals surface area contributed by atoms with Crippen molar-refractivity contribution >= 4 is 23.3 Å². The van der Waals surface area contributed by atoms with Crippen molar-refractivity contribution in [3.8, 4) is 5.75 Å². The first kappa shape index (κ1) is 19.8. The number of hydrogen-bond donors (Lipinski definition) is 2. The third-order valence-corrected chi connectivity index (χ3v) is 7.10. The smallest absolute Gasteiger partial charge is 0.319 e. The van der Waals surface area contributed by atoms with Gasteiger partial charge in [-0.25, -0.2) is 4.79 Å². The summed E-state index contributed by atoms with van der Waals surface area (Å²) in [4.78, 5) is 15.2. The summed E-state index contributed by atoms with van der Waals surface area (Å²) in [5.41, 5.74) is 0.996. The van der Waals surface area contributed by atoms with E-state index in [0.717, 1.165) is 19.0 Å². The summed E-state index contributed by atoms with van der Waals surface area (Å²) in [6.07, 6.45) is 9.44. The van der Waals surface area contributed by atoms with Crippen LogP contribution in [0.5, 0.6) is 5.75 Å². The Hall–Kier alpha value is -1.46. The predicted molar refractivity (Wildman–Crippen MR) is 113 cm³/mol. The molecule has 1 saturated heterocycles. The number of methoxy groups -OCH3 is 1. The molecule has 2 saturated carbocycles. The Morgan fingerprint density at radius 2 is 2.07 bits per heavy atom. The number of rotatable bonds is 6. The summed E-state index contributed by atoms with van der Waals surface area (Å²) in [5, 5.41) is 6.60. The second kappa shape index (κ2) is 8.50. The average Bonchev–Trinajstić information content (AvgIpc) is 3.43. The quantitative estimate of drug-likeness (QED) is 0.717. The number of amides is 2. The minimum Gasteiger partial charge on any atom is -0.495 e. The molecule has 28 heavy (non-hydrogen) atoms. The van der Waals surface area contributed by atoms with E-state index in [-0.39, 0.29) is 6.03 Å². The fraction of sp³-hybridized carbons (Fsp3) is 0.682. The van der Waals surface area contributed by atoms with E-state index in [9.17, 15) is 4.79 Å². The summed E-state index contributed by atoms with van der Waals surface area (Å²) in [5.74, 6) is 2.07. The lowest BCUT2D eigenvalue weighted by Crippen LogP contribution is -2.41. The fourth-order valence-electron chi connectivity index (χ4n) is 5.21. The van der Waals surface area contributed by atoms with Crippen molar-refractivity contribution in [2.24, 2.45) is 17.3 Å². The number of anilines is 1. The summed E-state index contributed by atoms with van der Waals surface area (Å²) >= 11 is 6.07. The Morgan fingerprint density at radius 1 is 1.29 bits per heavy atom. The zero-order valence-corrected chi connectivity index (χ0v) is 17.6. The maximum atomic E-state index is 12.6. The zero-order valence-electron chi connectivity index (χ0n) is 16.8. The van der Waals surface area contributed by atoms with Gasteiger partial charge in [0, 0.05) is 31.2 Å². The van der Waals surface area contributed by atoms with Crippen molar-refractivity contribution in [2.45, 2.75) is 44.9 Å². The first-order valence-corrected chi connectivity index (χ1v) is 11.1. The van der Waals surface area contributed by atoms with E-state index in [2.05, 4.69) is 15.5 Å². The average molecular weight is 406 g/mol. The standard InChI is InChI=1S/C22H32ClN3O2/c1-28-20-8-7-18(23)11-19(20)25-21(27)24-12-17-14-26(13-16-5-6-16)15-22(17)9-3-2-4-10-22/h7-8,11,16-17H,2-6,9-10,12-15H2,1H3,(H2,24,25,27). The Morgan fingerprint density at radius 3 is 2.79 bits per heavy atom. The molecule has 0 radical (unpaired) electrons. The van der Waals surface area contributed by atoms with Crippen LogP contribution in [0.25, 0.3) is 0 Å². The van der Waals surface area contributed by atoms with Crippen LogP contribution in [0, 0.1) is 17.3 Å². The van der Waals surface area contributed by atoms with Crippen molar-refractivity contribution in [3.05, 3.63) is 23.2 Å². The molecule has 1 aromatic rings. The second-order valence-corrected chi connectivity index (χ2v) is 9.37. The van der Waals surface area contributed by atoms with Gasteiger partial charge in [0.25, 0.3) is 0 Å². The van der Waals surface area contributed by atoms with E-state index in [1.54, 1.807) is 25.3 Å². The van der Waals surface area contributed by atoms with Crippen LogP contribution in [0.2, 0.25) is 5.02 Å². The van der Waals surface area contributed by atoms with Crippen LogP contribution in [-0.2, 0) is 0 Å². The van der Waals surface area contributed by atoms with Gasteiger partial charge in [0.2, 0.25) is 0 Å². The largest absolute Gasteiger partial charge is 0.495 e. The third-order valence-electron chi connectivity index (χ3n) is 6.86. The van der Waals surface area contributed by atoms with E-state index in [1.165, 1.54) is 58.0 Å².